The van der Waals surface area contributed by atoms with E-state index in [-0.39, 0.29) is 11.8 Å². The molecule has 3 rings (SSSR count). The number of hydrogen-bond donors (Lipinski definition) is 2. The van der Waals surface area contributed by atoms with Crippen molar-refractivity contribution in [2.75, 3.05) is 18.4 Å². The summed E-state index contributed by atoms with van der Waals surface area (Å²) in [4.78, 5) is 24.8. The Hall–Kier alpha value is -2.44. The van der Waals surface area contributed by atoms with Crippen LogP contribution in [-0.2, 0) is 4.79 Å². The second kappa shape index (κ2) is 7.90. The first-order valence-electron chi connectivity index (χ1n) is 8.58. The molecule has 0 atom stereocenters. The molecule has 1 fully saturated rings. The van der Waals surface area contributed by atoms with Crippen molar-refractivity contribution in [3.05, 3.63) is 30.6 Å². The highest BCUT2D eigenvalue weighted by molar-refractivity contribution is 5.78. The molecule has 1 saturated carbocycles. The SMILES string of the molecule is Cc1nccn1-c1cc(NCCNC(=O)C2CCCCC2)ncn1. The van der Waals surface area contributed by atoms with Crippen LogP contribution in [0.3, 0.4) is 0 Å². The summed E-state index contributed by atoms with van der Waals surface area (Å²) >= 11 is 0. The maximum atomic E-state index is 12.1. The average Bonchev–Trinajstić information content (AvgIpc) is 3.05. The van der Waals surface area contributed by atoms with Crippen LogP contribution in [0.1, 0.15) is 37.9 Å². The molecule has 1 aliphatic rings. The summed E-state index contributed by atoms with van der Waals surface area (Å²) in [5.41, 5.74) is 0. The molecule has 2 aromatic rings. The Labute approximate surface area is 141 Å². The monoisotopic (exact) mass is 328 g/mol. The third-order valence-corrected chi connectivity index (χ3v) is 4.43. The molecule has 2 heterocycles. The molecule has 0 unspecified atom stereocenters. The molecular weight excluding hydrogens is 304 g/mol. The fourth-order valence-corrected chi connectivity index (χ4v) is 3.08. The van der Waals surface area contributed by atoms with E-state index < -0.39 is 0 Å². The molecule has 0 radical (unpaired) electrons. The molecule has 2 N–H and O–H groups in total. The Morgan fingerprint density at radius 1 is 1.21 bits per heavy atom. The van der Waals surface area contributed by atoms with Gasteiger partial charge in [0.05, 0.1) is 0 Å². The van der Waals surface area contributed by atoms with E-state index in [1.165, 1.54) is 25.6 Å². The van der Waals surface area contributed by atoms with Gasteiger partial charge in [-0.3, -0.25) is 9.36 Å². The van der Waals surface area contributed by atoms with E-state index in [0.717, 1.165) is 30.3 Å². The topological polar surface area (TPSA) is 84.7 Å². The molecule has 1 amide bonds. The minimum Gasteiger partial charge on any atom is -0.368 e. The third-order valence-electron chi connectivity index (χ3n) is 4.43. The molecule has 24 heavy (non-hydrogen) atoms. The van der Waals surface area contributed by atoms with Crippen LogP contribution >= 0.6 is 0 Å². The third kappa shape index (κ3) is 4.10. The summed E-state index contributed by atoms with van der Waals surface area (Å²) < 4.78 is 1.90. The smallest absolute Gasteiger partial charge is 0.223 e. The van der Waals surface area contributed by atoms with Gasteiger partial charge in [-0.15, -0.1) is 0 Å². The van der Waals surface area contributed by atoms with Crippen molar-refractivity contribution in [2.24, 2.45) is 5.92 Å². The number of rotatable bonds is 6. The second-order valence-electron chi connectivity index (χ2n) is 6.16. The number of imidazole rings is 1. The van der Waals surface area contributed by atoms with Gasteiger partial charge in [0.15, 0.2) is 0 Å². The van der Waals surface area contributed by atoms with Crippen molar-refractivity contribution < 1.29 is 4.79 Å². The largest absolute Gasteiger partial charge is 0.368 e. The molecule has 0 bridgehead atoms. The molecule has 7 nitrogen and oxygen atoms in total. The number of nitrogens with zero attached hydrogens (tertiary/aromatic N) is 4. The molecule has 2 aromatic heterocycles. The Kier molecular flexibility index (Phi) is 5.40. The van der Waals surface area contributed by atoms with Crippen molar-refractivity contribution >= 4 is 11.7 Å². The van der Waals surface area contributed by atoms with Crippen LogP contribution in [0.15, 0.2) is 24.8 Å². The zero-order valence-electron chi connectivity index (χ0n) is 14.0. The van der Waals surface area contributed by atoms with Crippen LogP contribution in [0.25, 0.3) is 5.82 Å². The van der Waals surface area contributed by atoms with Gasteiger partial charge in [0.1, 0.15) is 23.8 Å². The van der Waals surface area contributed by atoms with Crippen LogP contribution in [-0.4, -0.2) is 38.5 Å². The van der Waals surface area contributed by atoms with Gasteiger partial charge in [-0.2, -0.15) is 0 Å². The first kappa shape index (κ1) is 16.4. The van der Waals surface area contributed by atoms with Crippen molar-refractivity contribution in [3.63, 3.8) is 0 Å². The lowest BCUT2D eigenvalue weighted by molar-refractivity contribution is -0.125. The number of amides is 1. The number of carbonyl (C=O) groups excluding carboxylic acids is 1. The minimum atomic E-state index is 0.189. The predicted molar refractivity (Wildman–Crippen MR) is 92.0 cm³/mol. The van der Waals surface area contributed by atoms with E-state index in [2.05, 4.69) is 25.6 Å². The molecule has 7 heteroatoms. The average molecular weight is 328 g/mol. The van der Waals surface area contributed by atoms with Crippen LogP contribution in [0.5, 0.6) is 0 Å². The van der Waals surface area contributed by atoms with Gasteiger partial charge in [0, 0.05) is 37.5 Å². The molecule has 0 spiro atoms. The molecule has 0 aromatic carbocycles. The molecule has 128 valence electrons. The van der Waals surface area contributed by atoms with Crippen molar-refractivity contribution in [1.82, 2.24) is 24.8 Å². The van der Waals surface area contributed by atoms with Gasteiger partial charge < -0.3 is 10.6 Å². The van der Waals surface area contributed by atoms with Gasteiger partial charge in [-0.25, -0.2) is 15.0 Å². The zero-order chi connectivity index (χ0) is 16.8. The Bertz CT molecular complexity index is 677. The maximum Gasteiger partial charge on any atom is 0.223 e. The zero-order valence-corrected chi connectivity index (χ0v) is 14.0. The maximum absolute atomic E-state index is 12.1. The number of carbonyl (C=O) groups is 1. The lowest BCUT2D eigenvalue weighted by Crippen LogP contribution is -2.35. The summed E-state index contributed by atoms with van der Waals surface area (Å²) in [6, 6.07) is 1.87. The highest BCUT2D eigenvalue weighted by Crippen LogP contribution is 2.23. The number of aromatic nitrogens is 4. The van der Waals surface area contributed by atoms with E-state index in [1.807, 2.05) is 23.8 Å². The quantitative estimate of drug-likeness (QED) is 0.793. The molecular formula is C17H24N6O. The summed E-state index contributed by atoms with van der Waals surface area (Å²) in [5, 5.41) is 6.24. The van der Waals surface area contributed by atoms with Crippen molar-refractivity contribution in [2.45, 2.75) is 39.0 Å². The Balaban J connectivity index is 1.47. The lowest BCUT2D eigenvalue weighted by atomic mass is 9.89. The van der Waals surface area contributed by atoms with E-state index >= 15 is 0 Å². The number of hydrogen-bond acceptors (Lipinski definition) is 5. The van der Waals surface area contributed by atoms with E-state index in [1.54, 1.807) is 6.20 Å². The number of nitrogens with one attached hydrogen (secondary N) is 2. The van der Waals surface area contributed by atoms with E-state index in [0.29, 0.717) is 13.1 Å². The first-order valence-corrected chi connectivity index (χ1v) is 8.58. The lowest BCUT2D eigenvalue weighted by Gasteiger charge is -2.20. The minimum absolute atomic E-state index is 0.189. The van der Waals surface area contributed by atoms with E-state index in [9.17, 15) is 4.79 Å². The van der Waals surface area contributed by atoms with Gasteiger partial charge in [0.25, 0.3) is 0 Å². The predicted octanol–water partition coefficient (Wildman–Crippen LogP) is 2.08. The Morgan fingerprint density at radius 3 is 2.79 bits per heavy atom. The number of anilines is 1. The van der Waals surface area contributed by atoms with Crippen molar-refractivity contribution in [3.8, 4) is 5.82 Å². The fourth-order valence-electron chi connectivity index (χ4n) is 3.08. The van der Waals surface area contributed by atoms with Crippen molar-refractivity contribution in [1.29, 1.82) is 0 Å². The molecule has 1 aliphatic carbocycles. The van der Waals surface area contributed by atoms with Crippen LogP contribution in [0.2, 0.25) is 0 Å². The van der Waals surface area contributed by atoms with E-state index in [4.69, 9.17) is 0 Å². The highest BCUT2D eigenvalue weighted by Gasteiger charge is 2.20. The summed E-state index contributed by atoms with van der Waals surface area (Å²) in [6.07, 6.45) is 10.8. The van der Waals surface area contributed by atoms with Crippen LogP contribution in [0.4, 0.5) is 5.82 Å². The van der Waals surface area contributed by atoms with Gasteiger partial charge in [0.2, 0.25) is 5.91 Å². The fraction of sp³-hybridized carbons (Fsp3) is 0.529. The van der Waals surface area contributed by atoms with Gasteiger partial charge >= 0.3 is 0 Å². The highest BCUT2D eigenvalue weighted by atomic mass is 16.1. The van der Waals surface area contributed by atoms with Gasteiger partial charge in [-0.1, -0.05) is 19.3 Å². The van der Waals surface area contributed by atoms with Crippen LogP contribution in [0, 0.1) is 12.8 Å². The first-order chi connectivity index (χ1) is 11.7. The normalized spacial score (nSPS) is 15.2. The molecule has 0 aliphatic heterocycles. The standard InChI is InChI=1S/C17H24N6O/c1-13-18-9-10-23(13)16-11-15(21-12-22-16)19-7-8-20-17(24)14-5-3-2-4-6-14/h9-12,14H,2-8H2,1H3,(H,20,24)(H,19,21,22). The number of aryl methyl sites for hydroxylation is 1. The Morgan fingerprint density at radius 2 is 2.04 bits per heavy atom. The van der Waals surface area contributed by atoms with Gasteiger partial charge in [-0.05, 0) is 19.8 Å². The van der Waals surface area contributed by atoms with Crippen LogP contribution < -0.4 is 10.6 Å². The molecule has 0 saturated heterocycles. The summed E-state index contributed by atoms with van der Waals surface area (Å²) in [5.74, 6) is 2.77. The summed E-state index contributed by atoms with van der Waals surface area (Å²) in [7, 11) is 0. The summed E-state index contributed by atoms with van der Waals surface area (Å²) in [6.45, 7) is 3.16. The second-order valence-corrected chi connectivity index (χ2v) is 6.16.